The number of aryl methyl sites for hydroxylation is 1. The maximum absolute atomic E-state index is 13.6. The molecule has 0 saturated heterocycles. The number of hydrogen-bond acceptors (Lipinski definition) is 2. The normalized spacial score (nSPS) is 13.8. The van der Waals surface area contributed by atoms with E-state index in [9.17, 15) is 4.39 Å². The molecule has 0 bridgehead atoms. The number of halogens is 2. The molecule has 1 unspecified atom stereocenters. The van der Waals surface area contributed by atoms with E-state index in [4.69, 9.17) is 23.1 Å². The van der Waals surface area contributed by atoms with Crippen LogP contribution in [-0.2, 0) is 0 Å². The van der Waals surface area contributed by atoms with Crippen molar-refractivity contribution in [1.29, 1.82) is 0 Å². The fourth-order valence-electron chi connectivity index (χ4n) is 1.85. The van der Waals surface area contributed by atoms with Crippen LogP contribution in [0, 0.1) is 18.2 Å². The molecule has 1 rings (SSSR count). The largest absolute Gasteiger partial charge is 0.330 e. The molecule has 0 radical (unpaired) electrons. The van der Waals surface area contributed by atoms with E-state index in [2.05, 4.69) is 0 Å². The molecular formula is C13H20ClFN2. The van der Waals surface area contributed by atoms with Crippen molar-refractivity contribution in [3.8, 4) is 0 Å². The Kier molecular flexibility index (Phi) is 4.53. The van der Waals surface area contributed by atoms with Crippen molar-refractivity contribution >= 4 is 11.6 Å². The van der Waals surface area contributed by atoms with E-state index < -0.39 is 0 Å². The fourth-order valence-corrected chi connectivity index (χ4v) is 2.18. The molecule has 96 valence electrons. The van der Waals surface area contributed by atoms with Crippen LogP contribution in [-0.4, -0.2) is 6.54 Å². The van der Waals surface area contributed by atoms with E-state index in [0.717, 1.165) is 6.42 Å². The van der Waals surface area contributed by atoms with Crippen molar-refractivity contribution in [3.63, 3.8) is 0 Å². The molecule has 0 spiro atoms. The van der Waals surface area contributed by atoms with Gasteiger partial charge in [0, 0.05) is 11.1 Å². The summed E-state index contributed by atoms with van der Waals surface area (Å²) >= 11 is 6.12. The summed E-state index contributed by atoms with van der Waals surface area (Å²) in [7, 11) is 0. The lowest BCUT2D eigenvalue weighted by atomic mass is 9.78. The van der Waals surface area contributed by atoms with Crippen molar-refractivity contribution < 1.29 is 4.39 Å². The molecule has 0 saturated carbocycles. The monoisotopic (exact) mass is 258 g/mol. The van der Waals surface area contributed by atoms with Crippen molar-refractivity contribution in [2.45, 2.75) is 33.2 Å². The lowest BCUT2D eigenvalue weighted by Crippen LogP contribution is -2.31. The second-order valence-electron chi connectivity index (χ2n) is 5.13. The van der Waals surface area contributed by atoms with Crippen LogP contribution in [0.25, 0.3) is 0 Å². The van der Waals surface area contributed by atoms with Gasteiger partial charge < -0.3 is 11.5 Å². The zero-order valence-corrected chi connectivity index (χ0v) is 11.3. The summed E-state index contributed by atoms with van der Waals surface area (Å²) in [6.45, 7) is 6.26. The number of benzene rings is 1. The molecular weight excluding hydrogens is 239 g/mol. The summed E-state index contributed by atoms with van der Waals surface area (Å²) in [6.07, 6.45) is 0.764. The van der Waals surface area contributed by atoms with Crippen molar-refractivity contribution in [2.24, 2.45) is 16.9 Å². The minimum Gasteiger partial charge on any atom is -0.330 e. The van der Waals surface area contributed by atoms with E-state index in [1.54, 1.807) is 13.0 Å². The molecule has 1 aromatic carbocycles. The lowest BCUT2D eigenvalue weighted by molar-refractivity contribution is 0.270. The number of nitrogens with two attached hydrogens (primary N) is 2. The molecule has 1 atom stereocenters. The predicted octanol–water partition coefficient (Wildman–Crippen LogP) is 3.16. The highest BCUT2D eigenvalue weighted by molar-refractivity contribution is 6.31. The Morgan fingerprint density at radius 2 is 2.00 bits per heavy atom. The van der Waals surface area contributed by atoms with Crippen LogP contribution in [0.2, 0.25) is 5.02 Å². The average molecular weight is 259 g/mol. The van der Waals surface area contributed by atoms with Crippen LogP contribution >= 0.6 is 11.6 Å². The van der Waals surface area contributed by atoms with Crippen molar-refractivity contribution in [2.75, 3.05) is 6.54 Å². The summed E-state index contributed by atoms with van der Waals surface area (Å²) < 4.78 is 13.6. The van der Waals surface area contributed by atoms with E-state index in [1.807, 2.05) is 13.8 Å². The van der Waals surface area contributed by atoms with Crippen LogP contribution in [0.15, 0.2) is 12.1 Å². The van der Waals surface area contributed by atoms with E-state index in [1.165, 1.54) is 6.07 Å². The van der Waals surface area contributed by atoms with Gasteiger partial charge in [0.25, 0.3) is 0 Å². The first-order valence-electron chi connectivity index (χ1n) is 5.71. The zero-order chi connectivity index (χ0) is 13.2. The average Bonchev–Trinajstić information content (AvgIpc) is 2.22. The Labute approximate surface area is 107 Å². The molecule has 0 aliphatic heterocycles. The Bertz CT molecular complexity index is 405. The SMILES string of the molecule is Cc1cc(Cl)c(C(N)C(C)(C)CCN)cc1F. The topological polar surface area (TPSA) is 52.0 Å². The van der Waals surface area contributed by atoms with Gasteiger partial charge in [0.2, 0.25) is 0 Å². The third-order valence-corrected chi connectivity index (χ3v) is 3.57. The minimum absolute atomic E-state index is 0.208. The molecule has 1 aromatic rings. The summed E-state index contributed by atoms with van der Waals surface area (Å²) in [6, 6.07) is 2.72. The van der Waals surface area contributed by atoms with Gasteiger partial charge in [-0.25, -0.2) is 4.39 Å². The van der Waals surface area contributed by atoms with Gasteiger partial charge in [0.1, 0.15) is 5.82 Å². The highest BCUT2D eigenvalue weighted by Crippen LogP contribution is 2.37. The van der Waals surface area contributed by atoms with Gasteiger partial charge in [0.15, 0.2) is 0 Å². The zero-order valence-electron chi connectivity index (χ0n) is 10.6. The molecule has 0 aromatic heterocycles. The minimum atomic E-state index is -0.325. The van der Waals surface area contributed by atoms with E-state index >= 15 is 0 Å². The number of hydrogen-bond donors (Lipinski definition) is 2. The Morgan fingerprint density at radius 1 is 1.41 bits per heavy atom. The van der Waals surface area contributed by atoms with Crippen LogP contribution in [0.1, 0.15) is 37.4 Å². The van der Waals surface area contributed by atoms with Gasteiger partial charge in [-0.3, -0.25) is 0 Å². The van der Waals surface area contributed by atoms with Gasteiger partial charge in [-0.05, 0) is 48.6 Å². The van der Waals surface area contributed by atoms with Crippen molar-refractivity contribution in [1.82, 2.24) is 0 Å². The third kappa shape index (κ3) is 3.18. The van der Waals surface area contributed by atoms with E-state index in [0.29, 0.717) is 22.7 Å². The fraction of sp³-hybridized carbons (Fsp3) is 0.538. The van der Waals surface area contributed by atoms with Gasteiger partial charge in [-0.15, -0.1) is 0 Å². The first-order chi connectivity index (χ1) is 7.79. The Balaban J connectivity index is 3.12. The summed E-state index contributed by atoms with van der Waals surface area (Å²) in [5.74, 6) is -0.275. The van der Waals surface area contributed by atoms with Crippen LogP contribution in [0.5, 0.6) is 0 Å². The maximum atomic E-state index is 13.6. The van der Waals surface area contributed by atoms with E-state index in [-0.39, 0.29) is 17.3 Å². The second-order valence-corrected chi connectivity index (χ2v) is 5.54. The molecule has 0 amide bonds. The first-order valence-corrected chi connectivity index (χ1v) is 6.08. The number of rotatable bonds is 4. The predicted molar refractivity (Wildman–Crippen MR) is 70.5 cm³/mol. The molecule has 0 aliphatic rings. The molecule has 4 N–H and O–H groups in total. The molecule has 2 nitrogen and oxygen atoms in total. The molecule has 0 heterocycles. The van der Waals surface area contributed by atoms with Gasteiger partial charge >= 0.3 is 0 Å². The van der Waals surface area contributed by atoms with Crippen molar-refractivity contribution in [3.05, 3.63) is 34.1 Å². The molecule has 4 heteroatoms. The summed E-state index contributed by atoms with van der Waals surface area (Å²) in [5, 5.41) is 0.515. The summed E-state index contributed by atoms with van der Waals surface area (Å²) in [4.78, 5) is 0. The van der Waals surface area contributed by atoms with Gasteiger partial charge in [-0.2, -0.15) is 0 Å². The molecule has 0 fully saturated rings. The highest BCUT2D eigenvalue weighted by atomic mass is 35.5. The standard InChI is InChI=1S/C13H20ClFN2/c1-8-6-10(14)9(7-11(8)15)12(17)13(2,3)4-5-16/h6-7,12H,4-5,16-17H2,1-3H3. The highest BCUT2D eigenvalue weighted by Gasteiger charge is 2.28. The summed E-state index contributed by atoms with van der Waals surface area (Å²) in [5.41, 5.74) is 12.7. The van der Waals surface area contributed by atoms with Crippen LogP contribution in [0.3, 0.4) is 0 Å². The van der Waals surface area contributed by atoms with Crippen LogP contribution < -0.4 is 11.5 Å². The second kappa shape index (κ2) is 5.34. The maximum Gasteiger partial charge on any atom is 0.126 e. The van der Waals surface area contributed by atoms with Gasteiger partial charge in [-0.1, -0.05) is 25.4 Å². The van der Waals surface area contributed by atoms with Gasteiger partial charge in [0.05, 0.1) is 0 Å². The smallest absolute Gasteiger partial charge is 0.126 e. The third-order valence-electron chi connectivity index (χ3n) is 3.24. The van der Waals surface area contributed by atoms with Crippen LogP contribution in [0.4, 0.5) is 4.39 Å². The first kappa shape index (κ1) is 14.4. The Morgan fingerprint density at radius 3 is 2.53 bits per heavy atom. The Hall–Kier alpha value is -0.640. The molecule has 0 aliphatic carbocycles. The quantitative estimate of drug-likeness (QED) is 0.872. The lowest BCUT2D eigenvalue weighted by Gasteiger charge is -2.32. The molecule has 17 heavy (non-hydrogen) atoms.